The molecule has 8 nitrogen and oxygen atoms in total. The number of benzene rings is 1. The molecule has 0 saturated heterocycles. The third-order valence-corrected chi connectivity index (χ3v) is 5.11. The number of nitrogens with zero attached hydrogens (tertiary/aromatic N) is 7. The van der Waals surface area contributed by atoms with E-state index in [9.17, 15) is 0 Å². The van der Waals surface area contributed by atoms with Gasteiger partial charge in [-0.3, -0.25) is 4.57 Å². The van der Waals surface area contributed by atoms with E-state index < -0.39 is 0 Å². The Labute approximate surface area is 160 Å². The molecule has 0 fully saturated rings. The first-order valence-corrected chi connectivity index (χ1v) is 9.13. The average Bonchev–Trinajstić information content (AvgIpc) is 3.04. The molecule has 0 aliphatic heterocycles. The fourth-order valence-electron chi connectivity index (χ4n) is 2.20. The molecule has 3 rings (SSSR count). The lowest BCUT2D eigenvalue weighted by molar-refractivity contribution is 0.842. The standard InChI is InChI=1S/C16H19ClN8S/c1-9-5-6-11(7-12(9)17)25-8-19-23-16(25)26-10(2)13-20-14(18)22-15(21-13)24(3)4/h5-8,10H,1-4H3,(H2,18,20,21,22). The molecule has 0 aliphatic carbocycles. The fraction of sp³-hybridized carbons (Fsp3) is 0.312. The van der Waals surface area contributed by atoms with Crippen LogP contribution in [-0.2, 0) is 0 Å². The second-order valence-electron chi connectivity index (χ2n) is 5.92. The van der Waals surface area contributed by atoms with Gasteiger partial charge in [-0.15, -0.1) is 10.2 Å². The van der Waals surface area contributed by atoms with E-state index in [4.69, 9.17) is 17.3 Å². The number of aromatic nitrogens is 6. The van der Waals surface area contributed by atoms with Gasteiger partial charge in [-0.2, -0.15) is 15.0 Å². The van der Waals surface area contributed by atoms with Gasteiger partial charge in [0.05, 0.1) is 10.9 Å². The minimum absolute atomic E-state index is 0.0946. The zero-order valence-corrected chi connectivity index (χ0v) is 16.5. The molecule has 0 amide bonds. The van der Waals surface area contributed by atoms with Crippen LogP contribution in [0.3, 0.4) is 0 Å². The number of hydrogen-bond acceptors (Lipinski definition) is 8. The van der Waals surface area contributed by atoms with Gasteiger partial charge in [0.15, 0.2) is 5.16 Å². The largest absolute Gasteiger partial charge is 0.368 e. The summed E-state index contributed by atoms with van der Waals surface area (Å²) in [6.07, 6.45) is 1.66. The molecule has 1 unspecified atom stereocenters. The Morgan fingerprint density at radius 1 is 1.23 bits per heavy atom. The van der Waals surface area contributed by atoms with Crippen molar-refractivity contribution in [2.75, 3.05) is 24.7 Å². The monoisotopic (exact) mass is 390 g/mol. The number of nitrogens with two attached hydrogens (primary N) is 1. The zero-order valence-electron chi connectivity index (χ0n) is 14.9. The predicted octanol–water partition coefficient (Wildman–Crippen LogP) is 2.92. The molecule has 10 heteroatoms. The van der Waals surface area contributed by atoms with Gasteiger partial charge < -0.3 is 10.6 Å². The van der Waals surface area contributed by atoms with Gasteiger partial charge in [0.25, 0.3) is 0 Å². The van der Waals surface area contributed by atoms with Crippen LogP contribution in [-0.4, -0.2) is 43.8 Å². The van der Waals surface area contributed by atoms with Crippen LogP contribution in [0.4, 0.5) is 11.9 Å². The molecule has 0 aliphatic rings. The average molecular weight is 391 g/mol. The number of hydrogen-bond donors (Lipinski definition) is 1. The van der Waals surface area contributed by atoms with Crippen molar-refractivity contribution in [2.24, 2.45) is 0 Å². The van der Waals surface area contributed by atoms with Crippen LogP contribution >= 0.6 is 23.4 Å². The summed E-state index contributed by atoms with van der Waals surface area (Å²) >= 11 is 7.73. The van der Waals surface area contributed by atoms with Crippen molar-refractivity contribution in [2.45, 2.75) is 24.3 Å². The first kappa shape index (κ1) is 18.4. The van der Waals surface area contributed by atoms with E-state index in [-0.39, 0.29) is 11.2 Å². The van der Waals surface area contributed by atoms with Crippen LogP contribution in [0.2, 0.25) is 5.02 Å². The molecule has 136 valence electrons. The van der Waals surface area contributed by atoms with Gasteiger partial charge in [-0.25, -0.2) is 0 Å². The first-order valence-electron chi connectivity index (χ1n) is 7.87. The Balaban J connectivity index is 1.88. The van der Waals surface area contributed by atoms with E-state index in [1.165, 1.54) is 11.8 Å². The second kappa shape index (κ2) is 7.46. The van der Waals surface area contributed by atoms with Crippen LogP contribution in [0.1, 0.15) is 23.6 Å². The number of aryl methyl sites for hydroxylation is 1. The maximum absolute atomic E-state index is 6.24. The second-order valence-corrected chi connectivity index (χ2v) is 7.64. The topological polar surface area (TPSA) is 98.6 Å². The van der Waals surface area contributed by atoms with Gasteiger partial charge >= 0.3 is 0 Å². The van der Waals surface area contributed by atoms with E-state index in [0.717, 1.165) is 11.3 Å². The lowest BCUT2D eigenvalue weighted by Gasteiger charge is -2.15. The highest BCUT2D eigenvalue weighted by molar-refractivity contribution is 7.99. The first-order chi connectivity index (χ1) is 12.3. The number of nitrogen functional groups attached to an aromatic ring is 1. The van der Waals surface area contributed by atoms with Crippen LogP contribution in [0.15, 0.2) is 29.7 Å². The molecule has 1 atom stereocenters. The van der Waals surface area contributed by atoms with Gasteiger partial charge in [0.2, 0.25) is 11.9 Å². The highest BCUT2D eigenvalue weighted by Gasteiger charge is 2.18. The highest BCUT2D eigenvalue weighted by Crippen LogP contribution is 2.34. The summed E-state index contributed by atoms with van der Waals surface area (Å²) in [5.41, 5.74) is 7.72. The lowest BCUT2D eigenvalue weighted by atomic mass is 10.2. The van der Waals surface area contributed by atoms with Crippen LogP contribution < -0.4 is 10.6 Å². The zero-order chi connectivity index (χ0) is 18.8. The molecule has 26 heavy (non-hydrogen) atoms. The Morgan fingerprint density at radius 2 is 2.00 bits per heavy atom. The minimum atomic E-state index is -0.0946. The lowest BCUT2D eigenvalue weighted by Crippen LogP contribution is -2.16. The fourth-order valence-corrected chi connectivity index (χ4v) is 3.27. The van der Waals surface area contributed by atoms with Crippen molar-refractivity contribution < 1.29 is 0 Å². The van der Waals surface area contributed by atoms with E-state index >= 15 is 0 Å². The summed E-state index contributed by atoms with van der Waals surface area (Å²) in [7, 11) is 3.71. The number of thioether (sulfide) groups is 1. The number of halogens is 1. The predicted molar refractivity (Wildman–Crippen MR) is 104 cm³/mol. The van der Waals surface area contributed by atoms with Crippen molar-refractivity contribution in [3.8, 4) is 5.69 Å². The molecule has 2 heterocycles. The molecule has 1 aromatic carbocycles. The molecule has 0 saturated carbocycles. The normalized spacial score (nSPS) is 12.2. The van der Waals surface area contributed by atoms with Crippen molar-refractivity contribution in [3.05, 3.63) is 40.9 Å². The Kier molecular flexibility index (Phi) is 5.28. The summed E-state index contributed by atoms with van der Waals surface area (Å²) < 4.78 is 1.88. The van der Waals surface area contributed by atoms with E-state index in [2.05, 4.69) is 25.1 Å². The summed E-state index contributed by atoms with van der Waals surface area (Å²) in [5, 5.41) is 9.55. The summed E-state index contributed by atoms with van der Waals surface area (Å²) in [6.45, 7) is 3.95. The summed E-state index contributed by atoms with van der Waals surface area (Å²) in [6, 6.07) is 5.83. The van der Waals surface area contributed by atoms with Crippen LogP contribution in [0.25, 0.3) is 5.69 Å². The van der Waals surface area contributed by atoms with E-state index in [0.29, 0.717) is 22.0 Å². The Bertz CT molecular complexity index is 926. The SMILES string of the molecule is Cc1ccc(-n2cnnc2SC(C)c2nc(N)nc(N(C)C)n2)cc1Cl. The molecule has 2 aromatic heterocycles. The van der Waals surface area contributed by atoms with Crippen molar-refractivity contribution >= 4 is 35.3 Å². The van der Waals surface area contributed by atoms with E-state index in [1.807, 2.05) is 50.7 Å². The molecule has 0 bridgehead atoms. The quantitative estimate of drug-likeness (QED) is 0.664. The summed E-state index contributed by atoms with van der Waals surface area (Å²) in [4.78, 5) is 14.6. The van der Waals surface area contributed by atoms with Gasteiger partial charge in [0, 0.05) is 19.1 Å². The Morgan fingerprint density at radius 3 is 2.69 bits per heavy atom. The van der Waals surface area contributed by atoms with Crippen molar-refractivity contribution in [1.29, 1.82) is 0 Å². The van der Waals surface area contributed by atoms with Crippen molar-refractivity contribution in [3.63, 3.8) is 0 Å². The molecular formula is C16H19ClN8S. The van der Waals surface area contributed by atoms with Gasteiger partial charge in [-0.1, -0.05) is 29.4 Å². The minimum Gasteiger partial charge on any atom is -0.368 e. The number of rotatable bonds is 5. The molecule has 2 N–H and O–H groups in total. The van der Waals surface area contributed by atoms with Crippen molar-refractivity contribution in [1.82, 2.24) is 29.7 Å². The Hall–Kier alpha value is -2.39. The molecular weight excluding hydrogens is 372 g/mol. The van der Waals surface area contributed by atoms with Crippen LogP contribution in [0.5, 0.6) is 0 Å². The van der Waals surface area contributed by atoms with E-state index in [1.54, 1.807) is 11.2 Å². The maximum Gasteiger partial charge on any atom is 0.229 e. The maximum atomic E-state index is 6.24. The number of anilines is 2. The molecule has 0 radical (unpaired) electrons. The third kappa shape index (κ3) is 3.88. The smallest absolute Gasteiger partial charge is 0.229 e. The van der Waals surface area contributed by atoms with Gasteiger partial charge in [-0.05, 0) is 31.5 Å². The molecule has 3 aromatic rings. The third-order valence-electron chi connectivity index (χ3n) is 3.65. The van der Waals surface area contributed by atoms with Crippen LogP contribution in [0, 0.1) is 6.92 Å². The summed E-state index contributed by atoms with van der Waals surface area (Å²) in [5.74, 6) is 1.30. The highest BCUT2D eigenvalue weighted by atomic mass is 35.5. The molecule has 0 spiro atoms. The van der Waals surface area contributed by atoms with Gasteiger partial charge in [0.1, 0.15) is 12.2 Å².